The van der Waals surface area contributed by atoms with E-state index in [9.17, 15) is 14.9 Å². The Labute approximate surface area is 114 Å². The average Bonchev–Trinajstić information content (AvgIpc) is 2.86. The minimum atomic E-state index is -0.859. The van der Waals surface area contributed by atoms with Crippen LogP contribution in [-0.2, 0) is 4.79 Å². The second-order valence-corrected chi connectivity index (χ2v) is 4.61. The van der Waals surface area contributed by atoms with Crippen LogP contribution in [0.1, 0.15) is 24.8 Å². The lowest BCUT2D eigenvalue weighted by atomic mass is 10.1. The predicted octanol–water partition coefficient (Wildman–Crippen LogP) is 1.53. The number of aliphatic carboxylic acids is 1. The summed E-state index contributed by atoms with van der Waals surface area (Å²) in [7, 11) is 0. The highest BCUT2D eigenvalue weighted by Crippen LogP contribution is 2.32. The molecule has 1 saturated carbocycles. The van der Waals surface area contributed by atoms with Crippen LogP contribution in [0.25, 0.3) is 0 Å². The number of nitrogens with one attached hydrogen (secondary N) is 1. The summed E-state index contributed by atoms with van der Waals surface area (Å²) < 4.78 is 0. The van der Waals surface area contributed by atoms with Crippen molar-refractivity contribution in [3.05, 3.63) is 27.9 Å². The van der Waals surface area contributed by atoms with E-state index in [1.165, 1.54) is 12.3 Å². The second-order valence-electron chi connectivity index (χ2n) is 4.61. The molecule has 2 rings (SSSR count). The van der Waals surface area contributed by atoms with E-state index in [-0.39, 0.29) is 23.1 Å². The summed E-state index contributed by atoms with van der Waals surface area (Å²) in [6, 6.07) is 2.85. The standard InChI is InChI=1S/C12H12N4O4/c13-6-8-3-4-14-11(10(8)16(19)20)15-9-2-1-7(5-9)12(17)18/h3-4,7,9H,1-2,5H2,(H,14,15)(H,17,18)/t7-,9+/m1/s1. The van der Waals surface area contributed by atoms with Gasteiger partial charge in [-0.25, -0.2) is 4.98 Å². The summed E-state index contributed by atoms with van der Waals surface area (Å²) in [4.78, 5) is 25.1. The van der Waals surface area contributed by atoms with Crippen LogP contribution in [0.2, 0.25) is 0 Å². The smallest absolute Gasteiger partial charge is 0.328 e. The van der Waals surface area contributed by atoms with Gasteiger partial charge >= 0.3 is 11.7 Å². The number of carboxylic acid groups (broad SMARTS) is 1. The topological polar surface area (TPSA) is 129 Å². The SMILES string of the molecule is N#Cc1ccnc(N[C@H]2CC[C@@H](C(=O)O)C2)c1[N+](=O)[O-]. The fraction of sp³-hybridized carbons (Fsp3) is 0.417. The number of nitro groups is 1. The molecule has 8 heteroatoms. The lowest BCUT2D eigenvalue weighted by Gasteiger charge is -2.13. The third kappa shape index (κ3) is 2.66. The largest absolute Gasteiger partial charge is 0.481 e. The van der Waals surface area contributed by atoms with E-state index in [0.29, 0.717) is 19.3 Å². The van der Waals surface area contributed by atoms with Crippen molar-refractivity contribution in [3.8, 4) is 6.07 Å². The van der Waals surface area contributed by atoms with E-state index < -0.39 is 16.8 Å². The highest BCUT2D eigenvalue weighted by molar-refractivity contribution is 5.71. The number of anilines is 1. The molecule has 1 aromatic heterocycles. The Kier molecular flexibility index (Phi) is 3.79. The lowest BCUT2D eigenvalue weighted by molar-refractivity contribution is -0.384. The molecule has 0 aromatic carbocycles. The molecular formula is C12H12N4O4. The Bertz CT molecular complexity index is 596. The lowest BCUT2D eigenvalue weighted by Crippen LogP contribution is -2.19. The predicted molar refractivity (Wildman–Crippen MR) is 68.0 cm³/mol. The monoisotopic (exact) mass is 276 g/mol. The summed E-state index contributed by atoms with van der Waals surface area (Å²) in [5.74, 6) is -1.28. The van der Waals surface area contributed by atoms with Crippen molar-refractivity contribution >= 4 is 17.5 Å². The maximum Gasteiger partial charge on any atom is 0.328 e. The zero-order valence-corrected chi connectivity index (χ0v) is 10.4. The molecular weight excluding hydrogens is 264 g/mol. The van der Waals surface area contributed by atoms with Gasteiger partial charge in [-0.2, -0.15) is 5.26 Å². The summed E-state index contributed by atoms with van der Waals surface area (Å²) in [5, 5.41) is 31.7. The van der Waals surface area contributed by atoms with Gasteiger partial charge in [-0.3, -0.25) is 14.9 Å². The van der Waals surface area contributed by atoms with E-state index in [4.69, 9.17) is 10.4 Å². The molecule has 104 valence electrons. The molecule has 1 heterocycles. The van der Waals surface area contributed by atoms with Gasteiger partial charge < -0.3 is 10.4 Å². The van der Waals surface area contributed by atoms with Crippen molar-refractivity contribution in [2.75, 3.05) is 5.32 Å². The number of carbonyl (C=O) groups is 1. The molecule has 2 atom stereocenters. The van der Waals surface area contributed by atoms with Gasteiger partial charge in [-0.15, -0.1) is 0 Å². The Balaban J connectivity index is 2.21. The number of rotatable bonds is 4. The number of pyridine rings is 1. The van der Waals surface area contributed by atoms with Crippen LogP contribution in [0.15, 0.2) is 12.3 Å². The molecule has 0 unspecified atom stereocenters. The van der Waals surface area contributed by atoms with Gasteiger partial charge in [0.15, 0.2) is 0 Å². The highest BCUT2D eigenvalue weighted by Gasteiger charge is 2.31. The van der Waals surface area contributed by atoms with Crippen molar-refractivity contribution in [2.24, 2.45) is 5.92 Å². The Hall–Kier alpha value is -2.69. The fourth-order valence-corrected chi connectivity index (χ4v) is 2.36. The quantitative estimate of drug-likeness (QED) is 0.629. The molecule has 0 bridgehead atoms. The van der Waals surface area contributed by atoms with Gasteiger partial charge in [0.1, 0.15) is 11.6 Å². The molecule has 0 radical (unpaired) electrons. The van der Waals surface area contributed by atoms with Gasteiger partial charge in [0.25, 0.3) is 0 Å². The van der Waals surface area contributed by atoms with Gasteiger partial charge in [0.05, 0.1) is 10.8 Å². The summed E-state index contributed by atoms with van der Waals surface area (Å²) in [6.45, 7) is 0. The first-order chi connectivity index (χ1) is 9.52. The zero-order chi connectivity index (χ0) is 14.7. The summed E-state index contributed by atoms with van der Waals surface area (Å²) in [6.07, 6.45) is 2.84. The van der Waals surface area contributed by atoms with Gasteiger partial charge in [-0.1, -0.05) is 0 Å². The van der Waals surface area contributed by atoms with Gasteiger partial charge in [0.2, 0.25) is 5.82 Å². The minimum Gasteiger partial charge on any atom is -0.481 e. The van der Waals surface area contributed by atoms with Crippen LogP contribution >= 0.6 is 0 Å². The third-order valence-electron chi connectivity index (χ3n) is 3.35. The van der Waals surface area contributed by atoms with Crippen LogP contribution in [0.5, 0.6) is 0 Å². The average molecular weight is 276 g/mol. The van der Waals surface area contributed by atoms with E-state index >= 15 is 0 Å². The Morgan fingerprint density at radius 1 is 1.60 bits per heavy atom. The van der Waals surface area contributed by atoms with E-state index in [1.54, 1.807) is 6.07 Å². The number of aromatic nitrogens is 1. The molecule has 1 aromatic rings. The Morgan fingerprint density at radius 3 is 2.90 bits per heavy atom. The number of nitrogens with zero attached hydrogens (tertiary/aromatic N) is 3. The first kappa shape index (κ1) is 13.7. The van der Waals surface area contributed by atoms with Crippen LogP contribution in [0.3, 0.4) is 0 Å². The van der Waals surface area contributed by atoms with E-state index in [1.807, 2.05) is 0 Å². The van der Waals surface area contributed by atoms with Gasteiger partial charge in [0, 0.05) is 12.2 Å². The summed E-state index contributed by atoms with van der Waals surface area (Å²) in [5.41, 5.74) is -0.436. The van der Waals surface area contributed by atoms with E-state index in [2.05, 4.69) is 10.3 Å². The summed E-state index contributed by atoms with van der Waals surface area (Å²) >= 11 is 0. The normalized spacial score (nSPS) is 21.1. The molecule has 8 nitrogen and oxygen atoms in total. The first-order valence-electron chi connectivity index (χ1n) is 6.05. The molecule has 0 aliphatic heterocycles. The first-order valence-corrected chi connectivity index (χ1v) is 6.05. The van der Waals surface area contributed by atoms with Gasteiger partial charge in [-0.05, 0) is 25.3 Å². The Morgan fingerprint density at radius 2 is 2.35 bits per heavy atom. The zero-order valence-electron chi connectivity index (χ0n) is 10.4. The second kappa shape index (κ2) is 5.52. The number of carboxylic acids is 1. The maximum atomic E-state index is 11.0. The van der Waals surface area contributed by atoms with Crippen molar-refractivity contribution in [2.45, 2.75) is 25.3 Å². The number of hydrogen-bond acceptors (Lipinski definition) is 6. The third-order valence-corrected chi connectivity index (χ3v) is 3.35. The van der Waals surface area contributed by atoms with Crippen molar-refractivity contribution in [1.29, 1.82) is 5.26 Å². The number of hydrogen-bond donors (Lipinski definition) is 2. The molecule has 1 aliphatic rings. The van der Waals surface area contributed by atoms with Crippen molar-refractivity contribution in [3.63, 3.8) is 0 Å². The minimum absolute atomic E-state index is 0.0186. The molecule has 0 spiro atoms. The number of nitriles is 1. The molecule has 2 N–H and O–H groups in total. The molecule has 0 saturated heterocycles. The molecule has 0 amide bonds. The van der Waals surface area contributed by atoms with Crippen molar-refractivity contribution in [1.82, 2.24) is 4.98 Å². The van der Waals surface area contributed by atoms with Crippen LogP contribution in [0, 0.1) is 27.4 Å². The fourth-order valence-electron chi connectivity index (χ4n) is 2.36. The van der Waals surface area contributed by atoms with Crippen LogP contribution in [-0.4, -0.2) is 27.0 Å². The van der Waals surface area contributed by atoms with E-state index in [0.717, 1.165) is 0 Å². The molecule has 20 heavy (non-hydrogen) atoms. The van der Waals surface area contributed by atoms with Crippen LogP contribution in [0.4, 0.5) is 11.5 Å². The molecule has 1 aliphatic carbocycles. The van der Waals surface area contributed by atoms with Crippen molar-refractivity contribution < 1.29 is 14.8 Å². The highest BCUT2D eigenvalue weighted by atomic mass is 16.6. The maximum absolute atomic E-state index is 11.0. The molecule has 1 fully saturated rings. The van der Waals surface area contributed by atoms with Crippen LogP contribution < -0.4 is 5.32 Å².